The predicted octanol–water partition coefficient (Wildman–Crippen LogP) is 15.4. The molecule has 0 N–H and O–H groups in total. The fourth-order valence-corrected chi connectivity index (χ4v) is 10.9. The summed E-state index contributed by atoms with van der Waals surface area (Å²) in [6.07, 6.45) is 3.18. The molecule has 1 heterocycles. The van der Waals surface area contributed by atoms with E-state index in [9.17, 15) is 0 Å². The van der Waals surface area contributed by atoms with Crippen molar-refractivity contribution in [1.82, 2.24) is 0 Å². The van der Waals surface area contributed by atoms with Gasteiger partial charge < -0.3 is 9.32 Å². The molecular formula is C62H47NO. The predicted molar refractivity (Wildman–Crippen MR) is 269 cm³/mol. The van der Waals surface area contributed by atoms with Gasteiger partial charge >= 0.3 is 0 Å². The molecule has 9 aromatic carbocycles. The molecule has 2 aliphatic rings. The third-order valence-electron chi connectivity index (χ3n) is 13.9. The number of anilines is 3. The van der Waals surface area contributed by atoms with Gasteiger partial charge in [0.2, 0.25) is 0 Å². The Morgan fingerprint density at radius 1 is 0.469 bits per heavy atom. The maximum absolute atomic E-state index is 6.59. The van der Waals surface area contributed by atoms with Crippen molar-refractivity contribution in [2.24, 2.45) is 5.92 Å². The molecule has 2 heteroatoms. The van der Waals surface area contributed by atoms with Crippen molar-refractivity contribution in [1.29, 1.82) is 0 Å². The van der Waals surface area contributed by atoms with E-state index in [0.717, 1.165) is 45.4 Å². The number of furan rings is 1. The summed E-state index contributed by atoms with van der Waals surface area (Å²) < 4.78 is 6.59. The smallest absolute Gasteiger partial charge is 0.135 e. The molecule has 1 unspecified atom stereocenters. The SMILES string of the molecule is CC1CC=c2oc3ccccc3c2=C1c1ccccc1N(c1ccccc1-c1ccc2c(c1)C(C)(C)c1ccccc1-2)c1ccccc1-c1cccc2cccc(-c3ccccc3)c12. The van der Waals surface area contributed by atoms with E-state index in [-0.39, 0.29) is 11.3 Å². The number of fused-ring (bicyclic) bond motifs is 7. The van der Waals surface area contributed by atoms with Crippen LogP contribution in [0.3, 0.4) is 0 Å². The van der Waals surface area contributed by atoms with Gasteiger partial charge in [0.05, 0.1) is 17.1 Å². The molecule has 0 amide bonds. The van der Waals surface area contributed by atoms with Crippen molar-refractivity contribution in [2.75, 3.05) is 4.90 Å². The van der Waals surface area contributed by atoms with Gasteiger partial charge in [0.1, 0.15) is 11.0 Å². The molecule has 64 heavy (non-hydrogen) atoms. The second kappa shape index (κ2) is 15.0. The van der Waals surface area contributed by atoms with Crippen LogP contribution in [0.4, 0.5) is 17.1 Å². The Kier molecular flexibility index (Phi) is 8.91. The van der Waals surface area contributed by atoms with Crippen LogP contribution in [0.15, 0.2) is 211 Å². The topological polar surface area (TPSA) is 16.4 Å². The number of para-hydroxylation sites is 4. The van der Waals surface area contributed by atoms with Crippen LogP contribution in [0, 0.1) is 5.92 Å². The molecule has 1 atom stereocenters. The summed E-state index contributed by atoms with van der Waals surface area (Å²) >= 11 is 0. The lowest BCUT2D eigenvalue weighted by Gasteiger charge is -2.33. The molecule has 12 rings (SSSR count). The van der Waals surface area contributed by atoms with E-state index in [1.165, 1.54) is 77.2 Å². The minimum Gasteiger partial charge on any atom is -0.456 e. The van der Waals surface area contributed by atoms with Crippen LogP contribution in [0.1, 0.15) is 43.9 Å². The Morgan fingerprint density at radius 2 is 1.05 bits per heavy atom. The zero-order chi connectivity index (χ0) is 42.9. The monoisotopic (exact) mass is 821 g/mol. The van der Waals surface area contributed by atoms with E-state index in [0.29, 0.717) is 0 Å². The summed E-state index contributed by atoms with van der Waals surface area (Å²) in [4.78, 5) is 2.55. The maximum atomic E-state index is 6.59. The Bertz CT molecular complexity index is 3590. The van der Waals surface area contributed by atoms with Gasteiger partial charge in [0.25, 0.3) is 0 Å². The number of hydrogen-bond donors (Lipinski definition) is 0. The van der Waals surface area contributed by atoms with Gasteiger partial charge in [-0.15, -0.1) is 0 Å². The van der Waals surface area contributed by atoms with Gasteiger partial charge in [-0.1, -0.05) is 197 Å². The highest BCUT2D eigenvalue weighted by atomic mass is 16.3. The third kappa shape index (κ3) is 5.93. The fourth-order valence-electron chi connectivity index (χ4n) is 10.9. The van der Waals surface area contributed by atoms with E-state index < -0.39 is 0 Å². The first-order valence-corrected chi connectivity index (χ1v) is 22.6. The van der Waals surface area contributed by atoms with Crippen LogP contribution in [0.5, 0.6) is 0 Å². The summed E-state index contributed by atoms with van der Waals surface area (Å²) in [7, 11) is 0. The quantitative estimate of drug-likeness (QED) is 0.159. The van der Waals surface area contributed by atoms with Crippen LogP contribution < -0.4 is 15.5 Å². The minimum absolute atomic E-state index is 0.129. The number of nitrogens with zero attached hydrogens (tertiary/aromatic N) is 1. The van der Waals surface area contributed by atoms with Crippen LogP contribution in [0.2, 0.25) is 0 Å². The normalized spacial score (nSPS) is 14.8. The first-order valence-electron chi connectivity index (χ1n) is 22.6. The summed E-state index contributed by atoms with van der Waals surface area (Å²) in [5, 5.41) is 4.81. The highest BCUT2D eigenvalue weighted by molar-refractivity contribution is 6.09. The molecule has 0 saturated carbocycles. The summed E-state index contributed by atoms with van der Waals surface area (Å²) in [5.74, 6) is 0.258. The van der Waals surface area contributed by atoms with Crippen LogP contribution in [0.25, 0.3) is 77.9 Å². The summed E-state index contributed by atoms with van der Waals surface area (Å²) in [5.41, 5.74) is 20.2. The van der Waals surface area contributed by atoms with Crippen molar-refractivity contribution < 1.29 is 4.42 Å². The van der Waals surface area contributed by atoms with Crippen molar-refractivity contribution in [2.45, 2.75) is 32.6 Å². The molecule has 0 saturated heterocycles. The van der Waals surface area contributed by atoms with Crippen molar-refractivity contribution in [3.05, 3.63) is 234 Å². The lowest BCUT2D eigenvalue weighted by Crippen LogP contribution is -2.30. The van der Waals surface area contributed by atoms with Gasteiger partial charge in [-0.05, 0) is 110 Å². The molecule has 10 aromatic rings. The molecule has 0 aliphatic heterocycles. The zero-order valence-corrected chi connectivity index (χ0v) is 36.3. The number of benzene rings is 9. The Balaban J connectivity index is 1.15. The van der Waals surface area contributed by atoms with Crippen LogP contribution in [-0.4, -0.2) is 0 Å². The standard InChI is InChI=1S/C62H47NO/c1-40-35-38-58-61(51-27-11-16-34-57(51)64-58)59(40)50-26-10-15-33-56(50)63(54-31-13-8-23-44(54)43-36-37-47-46-24-7-12-30-52(46)62(2,3)53(47)39-43)55-32-14-9-25-48(55)49-29-18-22-42-21-17-28-45(60(42)49)41-19-5-4-6-20-41/h4-34,36-40H,35H2,1-3H3. The fraction of sp³-hybridized carbons (Fsp3) is 0.0968. The molecule has 0 spiro atoms. The van der Waals surface area contributed by atoms with E-state index in [1.807, 2.05) is 0 Å². The molecule has 0 fully saturated rings. The second-order valence-corrected chi connectivity index (χ2v) is 18.0. The Morgan fingerprint density at radius 3 is 1.83 bits per heavy atom. The number of rotatable bonds is 7. The molecule has 1 aromatic heterocycles. The molecule has 0 bridgehead atoms. The Labute approximate surface area is 374 Å². The van der Waals surface area contributed by atoms with Gasteiger partial charge in [0, 0.05) is 32.7 Å². The summed E-state index contributed by atoms with van der Waals surface area (Å²) in [6, 6.07) is 75.9. The largest absolute Gasteiger partial charge is 0.456 e. The van der Waals surface area contributed by atoms with E-state index in [2.05, 4.69) is 238 Å². The first kappa shape index (κ1) is 38.0. The third-order valence-corrected chi connectivity index (χ3v) is 13.9. The lowest BCUT2D eigenvalue weighted by molar-refractivity contribution is 0.566. The average molecular weight is 822 g/mol. The highest BCUT2D eigenvalue weighted by Crippen LogP contribution is 2.52. The maximum Gasteiger partial charge on any atom is 0.135 e. The van der Waals surface area contributed by atoms with Gasteiger partial charge in [-0.2, -0.15) is 0 Å². The molecular weight excluding hydrogens is 775 g/mol. The highest BCUT2D eigenvalue weighted by Gasteiger charge is 2.36. The van der Waals surface area contributed by atoms with Crippen molar-refractivity contribution >= 4 is 50.5 Å². The number of hydrogen-bond acceptors (Lipinski definition) is 2. The van der Waals surface area contributed by atoms with Gasteiger partial charge in [0.15, 0.2) is 0 Å². The zero-order valence-electron chi connectivity index (χ0n) is 36.3. The average Bonchev–Trinajstić information content (AvgIpc) is 3.83. The van der Waals surface area contributed by atoms with Crippen molar-refractivity contribution in [3.8, 4) is 44.5 Å². The van der Waals surface area contributed by atoms with Crippen LogP contribution >= 0.6 is 0 Å². The van der Waals surface area contributed by atoms with Crippen molar-refractivity contribution in [3.63, 3.8) is 0 Å². The van der Waals surface area contributed by atoms with E-state index >= 15 is 0 Å². The van der Waals surface area contributed by atoms with E-state index in [4.69, 9.17) is 4.42 Å². The second-order valence-electron chi connectivity index (χ2n) is 18.0. The summed E-state index contributed by atoms with van der Waals surface area (Å²) in [6.45, 7) is 7.10. The van der Waals surface area contributed by atoms with Gasteiger partial charge in [-0.25, -0.2) is 0 Å². The minimum atomic E-state index is -0.129. The Hall–Kier alpha value is -7.68. The first-order chi connectivity index (χ1) is 31.5. The molecule has 2 aliphatic carbocycles. The van der Waals surface area contributed by atoms with Crippen LogP contribution in [-0.2, 0) is 5.41 Å². The molecule has 0 radical (unpaired) electrons. The molecule has 2 nitrogen and oxygen atoms in total. The van der Waals surface area contributed by atoms with Gasteiger partial charge in [-0.3, -0.25) is 0 Å². The van der Waals surface area contributed by atoms with E-state index in [1.54, 1.807) is 0 Å². The molecule has 306 valence electrons. The lowest BCUT2D eigenvalue weighted by atomic mass is 9.81.